The maximum atomic E-state index is 13.7. The minimum atomic E-state index is -4.05. The van der Waals surface area contributed by atoms with E-state index in [-0.39, 0.29) is 45.9 Å². The monoisotopic (exact) mass is 611 g/mol. The van der Waals surface area contributed by atoms with Gasteiger partial charge in [-0.25, -0.2) is 13.2 Å². The molecule has 3 N–H and O–H groups in total. The van der Waals surface area contributed by atoms with Crippen LogP contribution in [0.4, 0.5) is 5.69 Å². The first-order valence-corrected chi connectivity index (χ1v) is 15.3. The first-order chi connectivity index (χ1) is 20.4. The quantitative estimate of drug-likeness (QED) is 0.296. The second-order valence-corrected chi connectivity index (χ2v) is 12.5. The number of para-hydroxylation sites is 1. The Kier molecular flexibility index (Phi) is 9.95. The first-order valence-electron chi connectivity index (χ1n) is 13.8. The van der Waals surface area contributed by atoms with Crippen LogP contribution >= 0.6 is 0 Å². The molecule has 0 saturated heterocycles. The van der Waals surface area contributed by atoms with Crippen molar-refractivity contribution in [3.8, 4) is 11.5 Å². The number of carbonyl (C=O) groups is 2. The van der Waals surface area contributed by atoms with Crippen molar-refractivity contribution in [1.82, 2.24) is 9.80 Å². The van der Waals surface area contributed by atoms with Crippen molar-refractivity contribution >= 4 is 27.6 Å². The number of anilines is 1. The van der Waals surface area contributed by atoms with Crippen LogP contribution in [0.3, 0.4) is 0 Å². The molecule has 230 valence electrons. The van der Waals surface area contributed by atoms with E-state index in [0.29, 0.717) is 25.4 Å². The van der Waals surface area contributed by atoms with Crippen LogP contribution in [0.5, 0.6) is 11.5 Å². The van der Waals surface area contributed by atoms with Gasteiger partial charge in [0.1, 0.15) is 11.9 Å². The van der Waals surface area contributed by atoms with E-state index < -0.39 is 28.1 Å². The number of carbonyl (C=O) groups excluding carboxylic acids is 1. The van der Waals surface area contributed by atoms with Gasteiger partial charge in [-0.1, -0.05) is 25.1 Å². The number of carboxylic acid groups (broad SMARTS) is 1. The highest BCUT2D eigenvalue weighted by Gasteiger charge is 2.35. The Hall–Kier alpha value is -4.13. The number of hydrogen-bond donors (Lipinski definition) is 3. The molecule has 0 spiro atoms. The van der Waals surface area contributed by atoms with E-state index in [9.17, 15) is 28.2 Å². The number of ether oxygens (including phenoxy) is 2. The molecule has 11 nitrogen and oxygen atoms in total. The van der Waals surface area contributed by atoms with Gasteiger partial charge in [-0.2, -0.15) is 0 Å². The van der Waals surface area contributed by atoms with Gasteiger partial charge in [-0.3, -0.25) is 14.4 Å². The van der Waals surface area contributed by atoms with Crippen molar-refractivity contribution in [1.29, 1.82) is 0 Å². The van der Waals surface area contributed by atoms with Crippen LogP contribution < -0.4 is 14.2 Å². The number of nitrogens with zero attached hydrogens (tertiary/aromatic N) is 2. The number of amides is 1. The molecule has 0 aliphatic carbocycles. The van der Waals surface area contributed by atoms with Crippen LogP contribution in [-0.4, -0.2) is 86.3 Å². The molecule has 3 aromatic rings. The van der Waals surface area contributed by atoms with Gasteiger partial charge in [0.05, 0.1) is 41.5 Å². The van der Waals surface area contributed by atoms with Gasteiger partial charge in [-0.05, 0) is 68.1 Å². The van der Waals surface area contributed by atoms with Crippen LogP contribution in [0.2, 0.25) is 0 Å². The minimum Gasteiger partial charge on any atom is -0.497 e. The number of aliphatic hydroxyl groups is 1. The normalized spacial score (nSPS) is 17.8. The highest BCUT2D eigenvalue weighted by Crippen LogP contribution is 2.36. The standard InChI is InChI=1S/C31H37N3O8S/c1-20-16-34(21(2)19-35)30(36)26-6-5-7-27(32-43(39,40)25-14-12-24(41-4)13-15-25)29(26)42-28(20)18-33(3)17-22-8-10-23(11-9-22)31(37)38/h5-15,20-21,28,32,35H,16-19H2,1-4H3,(H,37,38)/t20-,21-,28-/m1/s1. The average molecular weight is 612 g/mol. The van der Waals surface area contributed by atoms with Gasteiger partial charge in [-0.15, -0.1) is 0 Å². The maximum absolute atomic E-state index is 13.7. The summed E-state index contributed by atoms with van der Waals surface area (Å²) in [4.78, 5) is 28.6. The SMILES string of the molecule is COc1ccc(S(=O)(=O)Nc2cccc3c2O[C@H](CN(C)Cc2ccc(C(=O)O)cc2)[C@H](C)CN([C@H](C)CO)C3=O)cc1. The molecule has 0 unspecified atom stereocenters. The summed E-state index contributed by atoms with van der Waals surface area (Å²) in [5.74, 6) is -0.955. The number of carboxylic acids is 1. The second-order valence-electron chi connectivity index (χ2n) is 10.8. The van der Waals surface area contributed by atoms with E-state index in [1.807, 2.05) is 18.9 Å². The molecule has 1 aliphatic heterocycles. The molecule has 4 rings (SSSR count). The fourth-order valence-electron chi connectivity index (χ4n) is 4.94. The Morgan fingerprint density at radius 2 is 1.81 bits per heavy atom. The van der Waals surface area contributed by atoms with Gasteiger partial charge >= 0.3 is 5.97 Å². The number of benzene rings is 3. The van der Waals surface area contributed by atoms with Crippen LogP contribution in [0.1, 0.15) is 40.1 Å². The Morgan fingerprint density at radius 3 is 2.42 bits per heavy atom. The first kappa shape index (κ1) is 31.8. The molecule has 3 atom stereocenters. The average Bonchev–Trinajstić information content (AvgIpc) is 2.99. The van der Waals surface area contributed by atoms with Crippen LogP contribution in [0, 0.1) is 5.92 Å². The zero-order valence-corrected chi connectivity index (χ0v) is 25.4. The molecule has 0 radical (unpaired) electrons. The Bertz CT molecular complexity index is 1540. The summed E-state index contributed by atoms with van der Waals surface area (Å²) >= 11 is 0. The predicted molar refractivity (Wildman–Crippen MR) is 161 cm³/mol. The number of aliphatic hydroxyl groups excluding tert-OH is 1. The van der Waals surface area contributed by atoms with Crippen LogP contribution in [-0.2, 0) is 16.6 Å². The van der Waals surface area contributed by atoms with Gasteiger partial charge in [0.25, 0.3) is 15.9 Å². The third-order valence-electron chi connectivity index (χ3n) is 7.45. The molecule has 0 bridgehead atoms. The molecule has 0 saturated carbocycles. The third kappa shape index (κ3) is 7.45. The van der Waals surface area contributed by atoms with Crippen molar-refractivity contribution in [2.45, 2.75) is 37.4 Å². The van der Waals surface area contributed by atoms with E-state index in [1.54, 1.807) is 66.4 Å². The van der Waals surface area contributed by atoms with E-state index in [4.69, 9.17) is 9.47 Å². The zero-order chi connectivity index (χ0) is 31.3. The van der Waals surface area contributed by atoms with Gasteiger partial charge in [0, 0.05) is 25.6 Å². The van der Waals surface area contributed by atoms with E-state index in [0.717, 1.165) is 5.56 Å². The smallest absolute Gasteiger partial charge is 0.335 e. The zero-order valence-electron chi connectivity index (χ0n) is 24.6. The highest BCUT2D eigenvalue weighted by atomic mass is 32.2. The lowest BCUT2D eigenvalue weighted by atomic mass is 9.99. The number of sulfonamides is 1. The summed E-state index contributed by atoms with van der Waals surface area (Å²) < 4.78 is 40.9. The predicted octanol–water partition coefficient (Wildman–Crippen LogP) is 3.55. The largest absolute Gasteiger partial charge is 0.497 e. The molecule has 1 heterocycles. The molecule has 0 fully saturated rings. The fourth-order valence-corrected chi connectivity index (χ4v) is 6.00. The molecular formula is C31H37N3O8S. The minimum absolute atomic E-state index is 0.0113. The molecule has 1 amide bonds. The van der Waals surface area contributed by atoms with Crippen molar-refractivity contribution in [2.24, 2.45) is 5.92 Å². The van der Waals surface area contributed by atoms with Crippen molar-refractivity contribution < 1.29 is 37.7 Å². The summed E-state index contributed by atoms with van der Waals surface area (Å²) in [5, 5.41) is 19.1. The Balaban J connectivity index is 1.67. The highest BCUT2D eigenvalue weighted by molar-refractivity contribution is 7.92. The maximum Gasteiger partial charge on any atom is 0.335 e. The van der Waals surface area contributed by atoms with E-state index in [2.05, 4.69) is 4.72 Å². The summed E-state index contributed by atoms with van der Waals surface area (Å²) in [6.45, 7) is 4.69. The number of hydrogen-bond acceptors (Lipinski definition) is 8. The topological polar surface area (TPSA) is 146 Å². The molecule has 12 heteroatoms. The number of rotatable bonds is 11. The van der Waals surface area contributed by atoms with Gasteiger partial charge < -0.3 is 24.6 Å². The van der Waals surface area contributed by atoms with Crippen molar-refractivity contribution in [3.63, 3.8) is 0 Å². The van der Waals surface area contributed by atoms with Crippen LogP contribution in [0.15, 0.2) is 71.6 Å². The van der Waals surface area contributed by atoms with Crippen LogP contribution in [0.25, 0.3) is 0 Å². The fraction of sp³-hybridized carbons (Fsp3) is 0.355. The Morgan fingerprint density at radius 1 is 1.14 bits per heavy atom. The summed E-state index contributed by atoms with van der Waals surface area (Å²) in [7, 11) is -0.662. The van der Waals surface area contributed by atoms with Gasteiger partial charge in [0.2, 0.25) is 0 Å². The molecule has 43 heavy (non-hydrogen) atoms. The van der Waals surface area contributed by atoms with Gasteiger partial charge in [0.15, 0.2) is 5.75 Å². The number of nitrogens with one attached hydrogen (secondary N) is 1. The number of methoxy groups -OCH3 is 1. The van der Waals surface area contributed by atoms with E-state index in [1.165, 1.54) is 19.2 Å². The summed E-state index contributed by atoms with van der Waals surface area (Å²) in [6, 6.07) is 16.8. The lowest BCUT2D eigenvalue weighted by Gasteiger charge is -2.38. The molecule has 1 aliphatic rings. The molecular weight excluding hydrogens is 574 g/mol. The summed E-state index contributed by atoms with van der Waals surface area (Å²) in [6.07, 6.45) is -0.477. The lowest BCUT2D eigenvalue weighted by molar-refractivity contribution is 0.0343. The number of likely N-dealkylation sites (N-methyl/N-ethyl adjacent to an activating group) is 1. The summed E-state index contributed by atoms with van der Waals surface area (Å²) in [5.41, 5.74) is 1.40. The lowest BCUT2D eigenvalue weighted by Crippen LogP contribution is -2.49. The molecule has 3 aromatic carbocycles. The second kappa shape index (κ2) is 13.4. The third-order valence-corrected chi connectivity index (χ3v) is 8.83. The number of aromatic carboxylic acids is 1. The van der Waals surface area contributed by atoms with Crippen molar-refractivity contribution in [3.05, 3.63) is 83.4 Å². The Labute approximate surface area is 251 Å². The van der Waals surface area contributed by atoms with E-state index >= 15 is 0 Å². The van der Waals surface area contributed by atoms with Crippen molar-refractivity contribution in [2.75, 3.05) is 38.6 Å². The number of fused-ring (bicyclic) bond motifs is 1. The molecule has 0 aromatic heterocycles.